The zero-order valence-electron chi connectivity index (χ0n) is 7.88. The van der Waals surface area contributed by atoms with Gasteiger partial charge >= 0.3 is 0 Å². The Labute approximate surface area is 83.0 Å². The maximum absolute atomic E-state index is 11.3. The fraction of sp³-hybridized carbons (Fsp3) is 0.500. The topological polar surface area (TPSA) is 29.1 Å². The van der Waals surface area contributed by atoms with E-state index in [9.17, 15) is 4.79 Å². The van der Waals surface area contributed by atoms with Crippen LogP contribution in [0.3, 0.4) is 0 Å². The molecular formula is C10H15NOS. The minimum Gasteiger partial charge on any atom is -0.317 e. The van der Waals surface area contributed by atoms with Gasteiger partial charge in [-0.1, -0.05) is 6.92 Å². The van der Waals surface area contributed by atoms with Crippen LogP contribution in [-0.2, 0) is 11.2 Å². The summed E-state index contributed by atoms with van der Waals surface area (Å²) in [6.07, 6.45) is 1.23. The van der Waals surface area contributed by atoms with Crippen LogP contribution < -0.4 is 5.32 Å². The average molecular weight is 197 g/mol. The molecule has 0 radical (unpaired) electrons. The van der Waals surface area contributed by atoms with Crippen LogP contribution in [0.4, 0.5) is 0 Å². The van der Waals surface area contributed by atoms with Crippen LogP contribution in [0.1, 0.15) is 18.9 Å². The van der Waals surface area contributed by atoms with Crippen molar-refractivity contribution in [1.82, 2.24) is 5.32 Å². The standard InChI is InChI=1S/C10H15NOS/c1-2-11-5-3-10(12)7-9-4-6-13-8-9/h4,6,8,11H,2-3,5,7H2,1H3. The van der Waals surface area contributed by atoms with Crippen molar-refractivity contribution in [3.05, 3.63) is 22.4 Å². The number of hydrogen-bond acceptors (Lipinski definition) is 3. The predicted octanol–water partition coefficient (Wildman–Crippen LogP) is 1.86. The minimum atomic E-state index is 0.319. The highest BCUT2D eigenvalue weighted by atomic mass is 32.1. The van der Waals surface area contributed by atoms with E-state index in [-0.39, 0.29) is 0 Å². The van der Waals surface area contributed by atoms with E-state index in [1.165, 1.54) is 0 Å². The van der Waals surface area contributed by atoms with E-state index in [1.807, 2.05) is 23.8 Å². The fourth-order valence-corrected chi connectivity index (χ4v) is 1.78. The summed E-state index contributed by atoms with van der Waals surface area (Å²) in [5.74, 6) is 0.319. The summed E-state index contributed by atoms with van der Waals surface area (Å²) in [5, 5.41) is 7.18. The largest absolute Gasteiger partial charge is 0.317 e. The molecule has 0 unspecified atom stereocenters. The number of nitrogens with one attached hydrogen (secondary N) is 1. The summed E-state index contributed by atoms with van der Waals surface area (Å²) in [5.41, 5.74) is 1.14. The summed E-state index contributed by atoms with van der Waals surface area (Å²) >= 11 is 1.64. The molecular weight excluding hydrogens is 182 g/mol. The number of Topliss-reactive ketones (excluding diaryl/α,β-unsaturated/α-hetero) is 1. The van der Waals surface area contributed by atoms with Gasteiger partial charge in [0.05, 0.1) is 0 Å². The zero-order chi connectivity index (χ0) is 9.52. The molecule has 0 bridgehead atoms. The molecule has 0 saturated carbocycles. The third-order valence-corrected chi connectivity index (χ3v) is 2.54. The van der Waals surface area contributed by atoms with Crippen molar-refractivity contribution < 1.29 is 4.79 Å². The maximum atomic E-state index is 11.3. The van der Waals surface area contributed by atoms with Crippen molar-refractivity contribution in [1.29, 1.82) is 0 Å². The van der Waals surface area contributed by atoms with Gasteiger partial charge in [0.25, 0.3) is 0 Å². The van der Waals surface area contributed by atoms with Gasteiger partial charge in [0.15, 0.2) is 0 Å². The smallest absolute Gasteiger partial charge is 0.138 e. The number of thiophene rings is 1. The summed E-state index contributed by atoms with van der Waals surface area (Å²) in [6.45, 7) is 3.79. The van der Waals surface area contributed by atoms with Gasteiger partial charge in [0.2, 0.25) is 0 Å². The van der Waals surface area contributed by atoms with Crippen LogP contribution in [0.5, 0.6) is 0 Å². The molecule has 0 aromatic carbocycles. The van der Waals surface area contributed by atoms with Crippen LogP contribution in [0.2, 0.25) is 0 Å². The van der Waals surface area contributed by atoms with E-state index in [1.54, 1.807) is 11.3 Å². The Balaban J connectivity index is 2.18. The Hall–Kier alpha value is -0.670. The van der Waals surface area contributed by atoms with Crippen molar-refractivity contribution >= 4 is 17.1 Å². The fourth-order valence-electron chi connectivity index (χ4n) is 1.11. The van der Waals surface area contributed by atoms with Gasteiger partial charge in [0.1, 0.15) is 5.78 Å². The SMILES string of the molecule is CCNCCC(=O)Cc1ccsc1. The average Bonchev–Trinajstić information content (AvgIpc) is 2.57. The molecule has 1 N–H and O–H groups in total. The Morgan fingerprint density at radius 2 is 2.46 bits per heavy atom. The third kappa shape index (κ3) is 4.20. The third-order valence-electron chi connectivity index (χ3n) is 1.81. The molecule has 0 atom stereocenters. The normalized spacial score (nSPS) is 10.2. The molecule has 1 aromatic heterocycles. The maximum Gasteiger partial charge on any atom is 0.138 e. The first-order chi connectivity index (χ1) is 6.33. The van der Waals surface area contributed by atoms with Crippen molar-refractivity contribution in [3.8, 4) is 0 Å². The van der Waals surface area contributed by atoms with Gasteiger partial charge in [-0.2, -0.15) is 11.3 Å². The lowest BCUT2D eigenvalue weighted by Gasteiger charge is -1.99. The van der Waals surface area contributed by atoms with Crippen molar-refractivity contribution in [2.45, 2.75) is 19.8 Å². The van der Waals surface area contributed by atoms with E-state index in [0.717, 1.165) is 18.7 Å². The van der Waals surface area contributed by atoms with Crippen molar-refractivity contribution in [2.24, 2.45) is 0 Å². The molecule has 0 spiro atoms. The number of carbonyl (C=O) groups is 1. The molecule has 2 nitrogen and oxygen atoms in total. The molecule has 0 aliphatic heterocycles. The Kier molecular flexibility index (Phi) is 4.72. The van der Waals surface area contributed by atoms with E-state index in [4.69, 9.17) is 0 Å². The first-order valence-electron chi connectivity index (χ1n) is 4.56. The van der Waals surface area contributed by atoms with Crippen molar-refractivity contribution in [3.63, 3.8) is 0 Å². The van der Waals surface area contributed by atoms with Gasteiger partial charge in [-0.15, -0.1) is 0 Å². The molecule has 72 valence electrons. The lowest BCUT2D eigenvalue weighted by atomic mass is 10.1. The highest BCUT2D eigenvalue weighted by Crippen LogP contribution is 2.07. The molecule has 1 rings (SSSR count). The number of rotatable bonds is 6. The Bertz CT molecular complexity index is 243. The van der Waals surface area contributed by atoms with Crippen LogP contribution in [0, 0.1) is 0 Å². The highest BCUT2D eigenvalue weighted by Gasteiger charge is 2.02. The first-order valence-corrected chi connectivity index (χ1v) is 5.50. The highest BCUT2D eigenvalue weighted by molar-refractivity contribution is 7.07. The minimum absolute atomic E-state index is 0.319. The van der Waals surface area contributed by atoms with Gasteiger partial charge < -0.3 is 5.32 Å². The van der Waals surface area contributed by atoms with Gasteiger partial charge in [0, 0.05) is 19.4 Å². The van der Waals surface area contributed by atoms with Gasteiger partial charge in [-0.3, -0.25) is 4.79 Å². The van der Waals surface area contributed by atoms with Gasteiger partial charge in [-0.05, 0) is 28.9 Å². The number of hydrogen-bond donors (Lipinski definition) is 1. The molecule has 13 heavy (non-hydrogen) atoms. The lowest BCUT2D eigenvalue weighted by molar-refractivity contribution is -0.118. The predicted molar refractivity (Wildman–Crippen MR) is 56.2 cm³/mol. The van der Waals surface area contributed by atoms with Gasteiger partial charge in [-0.25, -0.2) is 0 Å². The molecule has 0 amide bonds. The van der Waals surface area contributed by atoms with Crippen LogP contribution in [0.15, 0.2) is 16.8 Å². The van der Waals surface area contributed by atoms with Crippen LogP contribution >= 0.6 is 11.3 Å². The molecule has 0 aliphatic carbocycles. The Morgan fingerprint density at radius 1 is 1.62 bits per heavy atom. The van der Waals surface area contributed by atoms with E-state index in [0.29, 0.717) is 18.6 Å². The summed E-state index contributed by atoms with van der Waals surface area (Å²) in [7, 11) is 0. The molecule has 0 fully saturated rings. The quantitative estimate of drug-likeness (QED) is 0.705. The molecule has 3 heteroatoms. The molecule has 0 saturated heterocycles. The van der Waals surface area contributed by atoms with E-state index >= 15 is 0 Å². The molecule has 1 aromatic rings. The van der Waals surface area contributed by atoms with Crippen LogP contribution in [-0.4, -0.2) is 18.9 Å². The molecule has 1 heterocycles. The van der Waals surface area contributed by atoms with Crippen LogP contribution in [0.25, 0.3) is 0 Å². The zero-order valence-corrected chi connectivity index (χ0v) is 8.69. The summed E-state index contributed by atoms with van der Waals surface area (Å²) < 4.78 is 0. The molecule has 0 aliphatic rings. The summed E-state index contributed by atoms with van der Waals surface area (Å²) in [6, 6.07) is 2.01. The number of ketones is 1. The van der Waals surface area contributed by atoms with Crippen molar-refractivity contribution in [2.75, 3.05) is 13.1 Å². The second kappa shape index (κ2) is 5.89. The first kappa shape index (κ1) is 10.4. The lowest BCUT2D eigenvalue weighted by Crippen LogP contribution is -2.18. The van der Waals surface area contributed by atoms with E-state index in [2.05, 4.69) is 5.32 Å². The monoisotopic (exact) mass is 197 g/mol. The second-order valence-electron chi connectivity index (χ2n) is 2.95. The second-order valence-corrected chi connectivity index (χ2v) is 3.73. The summed E-state index contributed by atoms with van der Waals surface area (Å²) in [4.78, 5) is 11.3. The Morgan fingerprint density at radius 3 is 3.08 bits per heavy atom. The van der Waals surface area contributed by atoms with E-state index < -0.39 is 0 Å². The number of carbonyl (C=O) groups excluding carboxylic acids is 1.